The number of hydrogen-bond acceptors (Lipinski definition) is 5. The third kappa shape index (κ3) is 4.82. The van der Waals surface area contributed by atoms with Crippen molar-refractivity contribution in [1.82, 2.24) is 4.90 Å². The van der Waals surface area contributed by atoms with Gasteiger partial charge in [-0.3, -0.25) is 9.69 Å². The standard InChI is InChI=1S/C23H26N2O3S/c1-5-25-22(26)21(29-23(25)24-18-11-9-8-10-16(18)4)15-17-12-13-19(27-6-2)20(14-17)28-7-3/h8-15H,5-7H2,1-4H3/b21-15+,24-23?. The number of nitrogens with zero attached hydrogens (tertiary/aromatic N) is 2. The van der Waals surface area contributed by atoms with Crippen molar-refractivity contribution in [2.45, 2.75) is 27.7 Å². The molecule has 6 heteroatoms. The molecule has 29 heavy (non-hydrogen) atoms. The van der Waals surface area contributed by atoms with Crippen LogP contribution in [0.5, 0.6) is 11.5 Å². The van der Waals surface area contributed by atoms with Crippen LogP contribution >= 0.6 is 11.8 Å². The molecule has 0 aromatic heterocycles. The Morgan fingerprint density at radius 1 is 1.03 bits per heavy atom. The molecular weight excluding hydrogens is 384 g/mol. The van der Waals surface area contributed by atoms with Gasteiger partial charge in [-0.2, -0.15) is 0 Å². The molecule has 1 aliphatic rings. The van der Waals surface area contributed by atoms with Gasteiger partial charge in [0.05, 0.1) is 23.8 Å². The smallest absolute Gasteiger partial charge is 0.266 e. The van der Waals surface area contributed by atoms with Gasteiger partial charge < -0.3 is 9.47 Å². The van der Waals surface area contributed by atoms with Crippen LogP contribution in [0.15, 0.2) is 52.4 Å². The summed E-state index contributed by atoms with van der Waals surface area (Å²) >= 11 is 1.40. The van der Waals surface area contributed by atoms with Gasteiger partial charge in [-0.05, 0) is 74.9 Å². The lowest BCUT2D eigenvalue weighted by Gasteiger charge is -2.12. The molecule has 2 aromatic carbocycles. The first-order valence-corrected chi connectivity index (χ1v) is 10.6. The van der Waals surface area contributed by atoms with Crippen LogP contribution in [-0.4, -0.2) is 35.7 Å². The van der Waals surface area contributed by atoms with E-state index in [1.807, 2.05) is 76.2 Å². The predicted molar refractivity (Wildman–Crippen MR) is 120 cm³/mol. The molecular formula is C23H26N2O3S. The van der Waals surface area contributed by atoms with E-state index in [2.05, 4.69) is 0 Å². The summed E-state index contributed by atoms with van der Waals surface area (Å²) in [5.74, 6) is 1.36. The van der Waals surface area contributed by atoms with Gasteiger partial charge in [-0.25, -0.2) is 4.99 Å². The van der Waals surface area contributed by atoms with Crippen LogP contribution in [0.25, 0.3) is 6.08 Å². The van der Waals surface area contributed by atoms with E-state index in [1.165, 1.54) is 11.8 Å². The van der Waals surface area contributed by atoms with Gasteiger partial charge in [0, 0.05) is 6.54 Å². The number of aliphatic imine (C=N–C) groups is 1. The van der Waals surface area contributed by atoms with Gasteiger partial charge in [-0.1, -0.05) is 24.3 Å². The molecule has 1 heterocycles. The first-order valence-electron chi connectivity index (χ1n) is 9.82. The zero-order valence-corrected chi connectivity index (χ0v) is 18.1. The summed E-state index contributed by atoms with van der Waals surface area (Å²) in [6.45, 7) is 9.53. The summed E-state index contributed by atoms with van der Waals surface area (Å²) in [6, 6.07) is 13.6. The SMILES string of the molecule is CCOc1ccc(/C=C2/SC(=Nc3ccccc3C)N(CC)C2=O)cc1OCC. The number of aryl methyl sites for hydroxylation is 1. The lowest BCUT2D eigenvalue weighted by atomic mass is 10.2. The summed E-state index contributed by atoms with van der Waals surface area (Å²) < 4.78 is 11.3. The molecule has 1 aliphatic heterocycles. The molecule has 1 amide bonds. The molecule has 152 valence electrons. The lowest BCUT2D eigenvalue weighted by Crippen LogP contribution is -2.28. The molecule has 5 nitrogen and oxygen atoms in total. The maximum absolute atomic E-state index is 12.9. The molecule has 1 saturated heterocycles. The molecule has 0 bridgehead atoms. The Morgan fingerprint density at radius 3 is 2.45 bits per heavy atom. The number of amidine groups is 1. The summed E-state index contributed by atoms with van der Waals surface area (Å²) in [7, 11) is 0. The fourth-order valence-electron chi connectivity index (χ4n) is 2.97. The number of likely N-dealkylation sites (N-methyl/N-ethyl adjacent to an activating group) is 1. The molecule has 0 atom stereocenters. The number of para-hydroxylation sites is 1. The zero-order valence-electron chi connectivity index (χ0n) is 17.3. The van der Waals surface area contributed by atoms with Gasteiger partial charge >= 0.3 is 0 Å². The second-order valence-corrected chi connectivity index (χ2v) is 7.42. The number of ether oxygens (including phenoxy) is 2. The minimum atomic E-state index is -0.0309. The summed E-state index contributed by atoms with van der Waals surface area (Å²) in [4.78, 5) is 20.0. The van der Waals surface area contributed by atoms with E-state index < -0.39 is 0 Å². The van der Waals surface area contributed by atoms with E-state index in [0.717, 1.165) is 16.8 Å². The number of rotatable bonds is 7. The van der Waals surface area contributed by atoms with Crippen molar-refractivity contribution in [2.75, 3.05) is 19.8 Å². The van der Waals surface area contributed by atoms with E-state index in [-0.39, 0.29) is 5.91 Å². The third-order valence-electron chi connectivity index (χ3n) is 4.40. The topological polar surface area (TPSA) is 51.1 Å². The highest BCUT2D eigenvalue weighted by molar-refractivity contribution is 8.18. The number of amides is 1. The van der Waals surface area contributed by atoms with Crippen molar-refractivity contribution >= 4 is 34.6 Å². The Balaban J connectivity index is 1.93. The Hall–Kier alpha value is -2.73. The van der Waals surface area contributed by atoms with Gasteiger partial charge in [0.1, 0.15) is 0 Å². The Bertz CT molecular complexity index is 953. The van der Waals surface area contributed by atoms with Crippen molar-refractivity contribution in [3.05, 3.63) is 58.5 Å². The maximum Gasteiger partial charge on any atom is 0.266 e. The predicted octanol–water partition coefficient (Wildman–Crippen LogP) is 5.42. The van der Waals surface area contributed by atoms with Crippen LogP contribution in [0.1, 0.15) is 31.9 Å². The molecule has 3 rings (SSSR count). The Morgan fingerprint density at radius 2 is 1.76 bits per heavy atom. The molecule has 0 aliphatic carbocycles. The van der Waals surface area contributed by atoms with Crippen LogP contribution in [0, 0.1) is 6.92 Å². The van der Waals surface area contributed by atoms with Crippen molar-refractivity contribution in [3.8, 4) is 11.5 Å². The monoisotopic (exact) mass is 410 g/mol. The van der Waals surface area contributed by atoms with E-state index in [1.54, 1.807) is 4.90 Å². The highest BCUT2D eigenvalue weighted by atomic mass is 32.2. The molecule has 0 spiro atoms. The third-order valence-corrected chi connectivity index (χ3v) is 5.41. The second kappa shape index (κ2) is 9.65. The molecule has 2 aromatic rings. The van der Waals surface area contributed by atoms with Gasteiger partial charge in [0.15, 0.2) is 16.7 Å². The Labute approximate surface area is 176 Å². The zero-order chi connectivity index (χ0) is 20.8. The van der Waals surface area contributed by atoms with E-state index in [4.69, 9.17) is 14.5 Å². The number of thioether (sulfide) groups is 1. The van der Waals surface area contributed by atoms with Crippen LogP contribution in [0.4, 0.5) is 5.69 Å². The van der Waals surface area contributed by atoms with E-state index >= 15 is 0 Å². The van der Waals surface area contributed by atoms with Crippen molar-refractivity contribution in [2.24, 2.45) is 4.99 Å². The molecule has 0 radical (unpaired) electrons. The fourth-order valence-corrected chi connectivity index (χ4v) is 4.03. The van der Waals surface area contributed by atoms with Crippen LogP contribution in [-0.2, 0) is 4.79 Å². The van der Waals surface area contributed by atoms with Crippen LogP contribution < -0.4 is 9.47 Å². The minimum Gasteiger partial charge on any atom is -0.490 e. The quantitative estimate of drug-likeness (QED) is 0.572. The number of carbonyl (C=O) groups excluding carboxylic acids is 1. The highest BCUT2D eigenvalue weighted by Crippen LogP contribution is 2.36. The Kier molecular flexibility index (Phi) is 6.99. The summed E-state index contributed by atoms with van der Waals surface area (Å²) in [5, 5.41) is 0.703. The maximum atomic E-state index is 12.9. The van der Waals surface area contributed by atoms with Crippen molar-refractivity contribution in [1.29, 1.82) is 0 Å². The first-order chi connectivity index (χ1) is 14.1. The minimum absolute atomic E-state index is 0.0309. The molecule has 0 saturated carbocycles. The number of hydrogen-bond donors (Lipinski definition) is 0. The number of benzene rings is 2. The molecule has 1 fully saturated rings. The summed E-state index contributed by atoms with van der Waals surface area (Å²) in [5.41, 5.74) is 2.84. The largest absolute Gasteiger partial charge is 0.490 e. The van der Waals surface area contributed by atoms with Crippen molar-refractivity contribution in [3.63, 3.8) is 0 Å². The van der Waals surface area contributed by atoms with Gasteiger partial charge in [0.2, 0.25) is 0 Å². The lowest BCUT2D eigenvalue weighted by molar-refractivity contribution is -0.122. The average molecular weight is 411 g/mol. The summed E-state index contributed by atoms with van der Waals surface area (Å²) in [6.07, 6.45) is 1.88. The normalized spacial score (nSPS) is 16.7. The van der Waals surface area contributed by atoms with Crippen molar-refractivity contribution < 1.29 is 14.3 Å². The van der Waals surface area contributed by atoms with Gasteiger partial charge in [-0.15, -0.1) is 0 Å². The second-order valence-electron chi connectivity index (χ2n) is 6.41. The highest BCUT2D eigenvalue weighted by Gasteiger charge is 2.32. The van der Waals surface area contributed by atoms with Gasteiger partial charge in [0.25, 0.3) is 5.91 Å². The molecule has 0 unspecified atom stereocenters. The van der Waals surface area contributed by atoms with Crippen LogP contribution in [0.3, 0.4) is 0 Å². The molecule has 0 N–H and O–H groups in total. The fraction of sp³-hybridized carbons (Fsp3) is 0.304. The first kappa shape index (κ1) is 21.0. The average Bonchev–Trinajstić information content (AvgIpc) is 3.00. The van der Waals surface area contributed by atoms with E-state index in [9.17, 15) is 4.79 Å². The van der Waals surface area contributed by atoms with Crippen LogP contribution in [0.2, 0.25) is 0 Å². The van der Waals surface area contributed by atoms with E-state index in [0.29, 0.717) is 41.3 Å². The number of carbonyl (C=O) groups is 1.